The number of carbonyl (C=O) groups excluding carboxylic acids is 1. The number of hydrogen-bond donors (Lipinski definition) is 1. The number of benzene rings is 1. The van der Waals surface area contributed by atoms with Crippen LogP contribution in [0.2, 0.25) is 0 Å². The van der Waals surface area contributed by atoms with Crippen LogP contribution >= 0.6 is 0 Å². The SMILES string of the molecule is C[C@@H]1CCCC[C@@H]1NC(=O)CN1CCO[C@H](c2ccc(F)cc2)C1. The number of rotatable bonds is 4. The summed E-state index contributed by atoms with van der Waals surface area (Å²) < 4.78 is 18.8. The first-order chi connectivity index (χ1) is 11.6. The van der Waals surface area contributed by atoms with Crippen LogP contribution in [-0.4, -0.2) is 43.1 Å². The fourth-order valence-corrected chi connectivity index (χ4v) is 3.71. The van der Waals surface area contributed by atoms with Crippen LogP contribution in [-0.2, 0) is 9.53 Å². The zero-order valence-electron chi connectivity index (χ0n) is 14.3. The highest BCUT2D eigenvalue weighted by Crippen LogP contribution is 2.24. The summed E-state index contributed by atoms with van der Waals surface area (Å²) in [6, 6.07) is 6.74. The van der Waals surface area contributed by atoms with Crippen LogP contribution < -0.4 is 5.32 Å². The number of hydrogen-bond acceptors (Lipinski definition) is 3. The minimum Gasteiger partial charge on any atom is -0.371 e. The Morgan fingerprint density at radius 1 is 1.29 bits per heavy atom. The number of nitrogens with one attached hydrogen (secondary N) is 1. The Hall–Kier alpha value is -1.46. The largest absolute Gasteiger partial charge is 0.371 e. The molecule has 132 valence electrons. The molecule has 4 nitrogen and oxygen atoms in total. The molecule has 0 bridgehead atoms. The molecular weight excluding hydrogens is 307 g/mol. The zero-order valence-corrected chi connectivity index (χ0v) is 14.3. The van der Waals surface area contributed by atoms with E-state index in [0.717, 1.165) is 18.5 Å². The molecule has 0 unspecified atom stereocenters. The molecule has 1 saturated carbocycles. The highest BCUT2D eigenvalue weighted by molar-refractivity contribution is 5.78. The van der Waals surface area contributed by atoms with E-state index in [1.54, 1.807) is 12.1 Å². The van der Waals surface area contributed by atoms with Crippen molar-refractivity contribution in [3.8, 4) is 0 Å². The van der Waals surface area contributed by atoms with Gasteiger partial charge in [0, 0.05) is 19.1 Å². The predicted octanol–water partition coefficient (Wildman–Crippen LogP) is 2.89. The molecule has 0 radical (unpaired) electrons. The molecule has 1 aliphatic heterocycles. The van der Waals surface area contributed by atoms with Crippen LogP contribution in [0.15, 0.2) is 24.3 Å². The summed E-state index contributed by atoms with van der Waals surface area (Å²) in [4.78, 5) is 14.5. The number of carbonyl (C=O) groups is 1. The standard InChI is InChI=1S/C19H27FN2O2/c1-14-4-2-3-5-17(14)21-19(23)13-22-10-11-24-18(12-22)15-6-8-16(20)9-7-15/h6-9,14,17-18H,2-5,10-13H2,1H3,(H,21,23)/t14-,17+,18+/m1/s1. The molecule has 24 heavy (non-hydrogen) atoms. The van der Waals surface area contributed by atoms with Crippen LogP contribution in [0.3, 0.4) is 0 Å². The summed E-state index contributed by atoms with van der Waals surface area (Å²) in [5.74, 6) is 0.431. The Bertz CT molecular complexity index is 549. The van der Waals surface area contributed by atoms with Gasteiger partial charge in [0.1, 0.15) is 5.82 Å². The Morgan fingerprint density at radius 3 is 2.79 bits per heavy atom. The topological polar surface area (TPSA) is 41.6 Å². The highest BCUT2D eigenvalue weighted by atomic mass is 19.1. The maximum Gasteiger partial charge on any atom is 0.234 e. The molecular formula is C19H27FN2O2. The normalized spacial score (nSPS) is 28.5. The van der Waals surface area contributed by atoms with Gasteiger partial charge in [-0.15, -0.1) is 0 Å². The van der Waals surface area contributed by atoms with E-state index in [4.69, 9.17) is 4.74 Å². The maximum atomic E-state index is 13.1. The van der Waals surface area contributed by atoms with Crippen LogP contribution in [0.5, 0.6) is 0 Å². The van der Waals surface area contributed by atoms with Crippen LogP contribution in [0, 0.1) is 11.7 Å². The van der Waals surface area contributed by atoms with Crippen LogP contribution in [0.25, 0.3) is 0 Å². The molecule has 1 aliphatic carbocycles. The van der Waals surface area contributed by atoms with Crippen molar-refractivity contribution in [2.24, 2.45) is 5.92 Å². The maximum absolute atomic E-state index is 13.1. The fourth-order valence-electron chi connectivity index (χ4n) is 3.71. The Balaban J connectivity index is 1.51. The lowest BCUT2D eigenvalue weighted by molar-refractivity contribution is -0.125. The lowest BCUT2D eigenvalue weighted by Gasteiger charge is -2.34. The Morgan fingerprint density at radius 2 is 2.04 bits per heavy atom. The lowest BCUT2D eigenvalue weighted by Crippen LogP contribution is -2.48. The third-order valence-corrected chi connectivity index (χ3v) is 5.22. The van der Waals surface area contributed by atoms with Gasteiger partial charge in [0.2, 0.25) is 5.91 Å². The van der Waals surface area contributed by atoms with Gasteiger partial charge in [0.25, 0.3) is 0 Å². The molecule has 1 heterocycles. The average molecular weight is 334 g/mol. The van der Waals surface area contributed by atoms with Gasteiger partial charge in [-0.3, -0.25) is 9.69 Å². The number of morpholine rings is 1. The van der Waals surface area contributed by atoms with Gasteiger partial charge in [0.15, 0.2) is 0 Å². The summed E-state index contributed by atoms with van der Waals surface area (Å²) in [5.41, 5.74) is 0.961. The van der Waals surface area contributed by atoms with Crippen molar-refractivity contribution in [3.05, 3.63) is 35.6 Å². The van der Waals surface area contributed by atoms with E-state index in [-0.39, 0.29) is 17.8 Å². The van der Waals surface area contributed by atoms with Crippen LogP contribution in [0.4, 0.5) is 4.39 Å². The summed E-state index contributed by atoms with van der Waals surface area (Å²) in [6.07, 6.45) is 4.68. The number of ether oxygens (including phenoxy) is 1. The van der Waals surface area contributed by atoms with Crippen molar-refractivity contribution in [2.75, 3.05) is 26.2 Å². The van der Waals surface area contributed by atoms with Gasteiger partial charge in [-0.05, 0) is 36.5 Å². The van der Waals surface area contributed by atoms with E-state index in [1.807, 2.05) is 0 Å². The number of nitrogens with zero attached hydrogens (tertiary/aromatic N) is 1. The van der Waals surface area contributed by atoms with Crippen molar-refractivity contribution in [1.82, 2.24) is 10.2 Å². The van der Waals surface area contributed by atoms with Gasteiger partial charge in [-0.1, -0.05) is 31.9 Å². The third-order valence-electron chi connectivity index (χ3n) is 5.22. The molecule has 5 heteroatoms. The van der Waals surface area contributed by atoms with Gasteiger partial charge in [-0.25, -0.2) is 4.39 Å². The molecule has 3 atom stereocenters. The summed E-state index contributed by atoms with van der Waals surface area (Å²) in [7, 11) is 0. The molecule has 3 rings (SSSR count). The number of halogens is 1. The van der Waals surface area contributed by atoms with Gasteiger partial charge in [-0.2, -0.15) is 0 Å². The second-order valence-corrected chi connectivity index (χ2v) is 7.08. The van der Waals surface area contributed by atoms with E-state index in [2.05, 4.69) is 17.1 Å². The summed E-state index contributed by atoms with van der Waals surface area (Å²) in [5, 5.41) is 3.21. The Kier molecular flexibility index (Phi) is 5.85. The molecule has 1 aromatic carbocycles. The van der Waals surface area contributed by atoms with E-state index >= 15 is 0 Å². The molecule has 1 aromatic rings. The average Bonchev–Trinajstić information content (AvgIpc) is 2.58. The molecule has 2 aliphatic rings. The van der Waals surface area contributed by atoms with Crippen molar-refractivity contribution < 1.29 is 13.9 Å². The highest BCUT2D eigenvalue weighted by Gasteiger charge is 2.26. The monoisotopic (exact) mass is 334 g/mol. The van der Waals surface area contributed by atoms with E-state index < -0.39 is 0 Å². The molecule has 1 saturated heterocycles. The van der Waals surface area contributed by atoms with E-state index in [9.17, 15) is 9.18 Å². The van der Waals surface area contributed by atoms with E-state index in [0.29, 0.717) is 31.7 Å². The molecule has 0 aromatic heterocycles. The van der Waals surface area contributed by atoms with Gasteiger partial charge >= 0.3 is 0 Å². The molecule has 1 amide bonds. The fraction of sp³-hybridized carbons (Fsp3) is 0.632. The smallest absolute Gasteiger partial charge is 0.234 e. The minimum atomic E-state index is -0.243. The van der Waals surface area contributed by atoms with Crippen molar-refractivity contribution in [1.29, 1.82) is 0 Å². The minimum absolute atomic E-state index is 0.0965. The summed E-state index contributed by atoms with van der Waals surface area (Å²) >= 11 is 0. The zero-order chi connectivity index (χ0) is 16.9. The quantitative estimate of drug-likeness (QED) is 0.920. The third kappa shape index (κ3) is 4.54. The van der Waals surface area contributed by atoms with Crippen molar-refractivity contribution in [2.45, 2.75) is 44.8 Å². The van der Waals surface area contributed by atoms with Crippen molar-refractivity contribution in [3.63, 3.8) is 0 Å². The second kappa shape index (κ2) is 8.08. The van der Waals surface area contributed by atoms with Gasteiger partial charge in [0.05, 0.1) is 19.3 Å². The van der Waals surface area contributed by atoms with Crippen LogP contribution in [0.1, 0.15) is 44.3 Å². The first-order valence-corrected chi connectivity index (χ1v) is 9.00. The number of amides is 1. The lowest BCUT2D eigenvalue weighted by atomic mass is 9.86. The van der Waals surface area contributed by atoms with E-state index in [1.165, 1.54) is 31.4 Å². The Labute approximate surface area is 143 Å². The van der Waals surface area contributed by atoms with Crippen molar-refractivity contribution >= 4 is 5.91 Å². The predicted molar refractivity (Wildman–Crippen MR) is 91.1 cm³/mol. The molecule has 2 fully saturated rings. The molecule has 0 spiro atoms. The first-order valence-electron chi connectivity index (χ1n) is 9.00. The second-order valence-electron chi connectivity index (χ2n) is 7.08. The van der Waals surface area contributed by atoms with Gasteiger partial charge < -0.3 is 10.1 Å². The first kappa shape index (κ1) is 17.4. The summed E-state index contributed by atoms with van der Waals surface area (Å²) in [6.45, 7) is 4.65. The molecule has 1 N–H and O–H groups in total.